The molecule has 10 heteroatoms. The summed E-state index contributed by atoms with van der Waals surface area (Å²) in [5.41, 5.74) is 3.11. The van der Waals surface area contributed by atoms with Crippen molar-refractivity contribution in [2.75, 3.05) is 50.9 Å². The normalized spacial score (nSPS) is 22.6. The van der Waals surface area contributed by atoms with Crippen molar-refractivity contribution in [2.24, 2.45) is 0 Å². The van der Waals surface area contributed by atoms with Crippen LogP contribution in [0.15, 0.2) is 36.1 Å². The summed E-state index contributed by atoms with van der Waals surface area (Å²) in [4.78, 5) is 13.7. The number of aliphatic hydroxyl groups excluding tert-OH is 1. The molecule has 3 aromatic rings. The summed E-state index contributed by atoms with van der Waals surface area (Å²) >= 11 is 0. The van der Waals surface area contributed by atoms with E-state index in [0.29, 0.717) is 49.0 Å². The van der Waals surface area contributed by atoms with E-state index >= 15 is 8.78 Å². The van der Waals surface area contributed by atoms with Gasteiger partial charge in [-0.15, -0.1) is 0 Å². The van der Waals surface area contributed by atoms with Gasteiger partial charge in [-0.25, -0.2) is 8.78 Å². The van der Waals surface area contributed by atoms with Crippen LogP contribution in [0.25, 0.3) is 22.6 Å². The molecule has 6 rings (SSSR count). The number of piperazine rings is 1. The van der Waals surface area contributed by atoms with Crippen LogP contribution in [0.5, 0.6) is 6.01 Å². The molecule has 46 heavy (non-hydrogen) atoms. The standard InChI is InChI=1S/C36H45F2N5O3/c1-5-25-8-6-9-26(24(25)4)17-29(44)16-22(2)32-31(37)18-30-34(33(32)38)40-36(46-14-7-12-42-13-15-45-21-23(42)3)41-35(30)43-19-27-10-11-28(20-43)39-27/h6,8-9,16-18,23,27-28,39,44H,5,7,10-15,19-21H2,1-4H3/b22-16+,29-17+/t23-,27?,28?/m1/s1. The minimum atomic E-state index is -0.797. The number of aliphatic hydroxyl groups is 1. The minimum absolute atomic E-state index is 0.00629. The zero-order valence-corrected chi connectivity index (χ0v) is 27.3. The van der Waals surface area contributed by atoms with Crippen LogP contribution in [0.4, 0.5) is 14.6 Å². The summed E-state index contributed by atoms with van der Waals surface area (Å²) < 4.78 is 43.8. The molecule has 3 aliphatic heterocycles. The van der Waals surface area contributed by atoms with Gasteiger partial charge < -0.3 is 24.8 Å². The van der Waals surface area contributed by atoms with E-state index in [4.69, 9.17) is 14.5 Å². The number of allylic oxidation sites excluding steroid dienone is 2. The minimum Gasteiger partial charge on any atom is -0.508 e. The Kier molecular flexibility index (Phi) is 9.86. The van der Waals surface area contributed by atoms with E-state index in [1.54, 1.807) is 13.0 Å². The van der Waals surface area contributed by atoms with Crippen LogP contribution in [0.1, 0.15) is 62.3 Å². The Morgan fingerprint density at radius 2 is 1.98 bits per heavy atom. The van der Waals surface area contributed by atoms with Gasteiger partial charge in [0.25, 0.3) is 0 Å². The number of rotatable bonds is 10. The molecule has 246 valence electrons. The third-order valence-corrected chi connectivity index (χ3v) is 9.62. The van der Waals surface area contributed by atoms with E-state index in [-0.39, 0.29) is 28.4 Å². The van der Waals surface area contributed by atoms with Crippen molar-refractivity contribution in [1.29, 1.82) is 0 Å². The highest BCUT2D eigenvalue weighted by Gasteiger charge is 2.34. The molecule has 1 aromatic heterocycles. The van der Waals surface area contributed by atoms with Crippen LogP contribution in [0.3, 0.4) is 0 Å². The lowest BCUT2D eigenvalue weighted by molar-refractivity contribution is -0.00211. The maximum Gasteiger partial charge on any atom is 0.319 e. The second-order valence-electron chi connectivity index (χ2n) is 12.9. The first-order valence-electron chi connectivity index (χ1n) is 16.5. The van der Waals surface area contributed by atoms with Crippen LogP contribution in [0, 0.1) is 18.6 Å². The molecule has 2 bridgehead atoms. The third-order valence-electron chi connectivity index (χ3n) is 9.62. The van der Waals surface area contributed by atoms with Gasteiger partial charge in [0.2, 0.25) is 0 Å². The molecule has 8 nitrogen and oxygen atoms in total. The van der Waals surface area contributed by atoms with E-state index in [1.807, 2.05) is 19.1 Å². The first-order valence-corrected chi connectivity index (χ1v) is 16.5. The number of ether oxygens (including phenoxy) is 2. The Labute approximate surface area is 270 Å². The highest BCUT2D eigenvalue weighted by Crippen LogP contribution is 2.36. The maximum atomic E-state index is 16.4. The summed E-state index contributed by atoms with van der Waals surface area (Å²) in [5, 5.41) is 14.8. The lowest BCUT2D eigenvalue weighted by Crippen LogP contribution is -2.51. The molecule has 0 aliphatic carbocycles. The van der Waals surface area contributed by atoms with Crippen LogP contribution < -0.4 is 15.0 Å². The predicted molar refractivity (Wildman–Crippen MR) is 178 cm³/mol. The lowest BCUT2D eigenvalue weighted by atomic mass is 9.99. The molecule has 3 saturated heterocycles. The molecule has 2 aromatic carbocycles. The van der Waals surface area contributed by atoms with Gasteiger partial charge in [0, 0.05) is 49.7 Å². The zero-order valence-electron chi connectivity index (χ0n) is 27.3. The van der Waals surface area contributed by atoms with Crippen molar-refractivity contribution in [3.8, 4) is 6.01 Å². The summed E-state index contributed by atoms with van der Waals surface area (Å²) in [5.74, 6) is -1.13. The average molecular weight is 634 g/mol. The van der Waals surface area contributed by atoms with Gasteiger partial charge in [0.1, 0.15) is 22.9 Å². The lowest BCUT2D eigenvalue weighted by Gasteiger charge is -2.34. The van der Waals surface area contributed by atoms with Crippen LogP contribution in [0.2, 0.25) is 0 Å². The van der Waals surface area contributed by atoms with Crippen LogP contribution in [-0.2, 0) is 11.2 Å². The van der Waals surface area contributed by atoms with Crippen LogP contribution >= 0.6 is 0 Å². The predicted octanol–water partition coefficient (Wildman–Crippen LogP) is 6.21. The van der Waals surface area contributed by atoms with Crippen molar-refractivity contribution in [3.05, 3.63) is 70.0 Å². The van der Waals surface area contributed by atoms with Gasteiger partial charge in [-0.2, -0.15) is 9.97 Å². The number of hydrogen-bond acceptors (Lipinski definition) is 8. The molecule has 0 spiro atoms. The van der Waals surface area contributed by atoms with E-state index in [1.165, 1.54) is 17.7 Å². The molecule has 3 atom stereocenters. The Morgan fingerprint density at radius 3 is 2.72 bits per heavy atom. The average Bonchev–Trinajstić information content (AvgIpc) is 3.37. The number of nitrogens with zero attached hydrogens (tertiary/aromatic N) is 4. The monoisotopic (exact) mass is 633 g/mol. The van der Waals surface area contributed by atoms with Gasteiger partial charge >= 0.3 is 6.01 Å². The van der Waals surface area contributed by atoms with Crippen LogP contribution in [-0.4, -0.2) is 84.1 Å². The SMILES string of the molecule is CCc1cccc(/C=C(O)\C=C(/C)c2c(F)cc3c(N4CC5CCC(C4)N5)nc(OCCCN4CCOC[C@H]4C)nc3c2F)c1C. The van der Waals surface area contributed by atoms with Gasteiger partial charge in [-0.1, -0.05) is 25.1 Å². The van der Waals surface area contributed by atoms with E-state index < -0.39 is 11.6 Å². The fourth-order valence-corrected chi connectivity index (χ4v) is 7.06. The van der Waals surface area contributed by atoms with Crippen molar-refractivity contribution >= 4 is 28.4 Å². The van der Waals surface area contributed by atoms with E-state index in [2.05, 4.69) is 40.0 Å². The number of hydrogen-bond donors (Lipinski definition) is 2. The molecular weight excluding hydrogens is 588 g/mol. The smallest absolute Gasteiger partial charge is 0.319 e. The second-order valence-corrected chi connectivity index (χ2v) is 12.9. The molecule has 0 saturated carbocycles. The van der Waals surface area contributed by atoms with Crippen molar-refractivity contribution in [3.63, 3.8) is 0 Å². The highest BCUT2D eigenvalue weighted by molar-refractivity contribution is 5.93. The van der Waals surface area contributed by atoms with Gasteiger partial charge in [-0.3, -0.25) is 4.90 Å². The third kappa shape index (κ3) is 6.89. The topological polar surface area (TPSA) is 83.0 Å². The number of aryl methyl sites for hydroxylation is 1. The van der Waals surface area contributed by atoms with Crippen molar-refractivity contribution in [2.45, 2.75) is 71.5 Å². The number of nitrogens with one attached hydrogen (secondary N) is 1. The Bertz CT molecular complexity index is 1630. The van der Waals surface area contributed by atoms with Gasteiger partial charge in [-0.05, 0) is 86.9 Å². The number of fused-ring (bicyclic) bond motifs is 3. The van der Waals surface area contributed by atoms with E-state index in [0.717, 1.165) is 63.1 Å². The summed E-state index contributed by atoms with van der Waals surface area (Å²) in [6, 6.07) is 8.26. The summed E-state index contributed by atoms with van der Waals surface area (Å²) in [6.07, 6.45) is 6.76. The van der Waals surface area contributed by atoms with Crippen molar-refractivity contribution in [1.82, 2.24) is 20.2 Å². The number of aromatic nitrogens is 2. The molecule has 3 aliphatic rings. The first kappa shape index (κ1) is 32.3. The largest absolute Gasteiger partial charge is 0.508 e. The Hall–Kier alpha value is -3.60. The molecule has 0 amide bonds. The molecular formula is C36H45F2N5O3. The fourth-order valence-electron chi connectivity index (χ4n) is 7.06. The Balaban J connectivity index is 1.32. The zero-order chi connectivity index (χ0) is 32.4. The maximum absolute atomic E-state index is 16.4. The molecule has 3 fully saturated rings. The van der Waals surface area contributed by atoms with E-state index in [9.17, 15) is 5.11 Å². The molecule has 2 N–H and O–H groups in total. The van der Waals surface area contributed by atoms with Gasteiger partial charge in [0.15, 0.2) is 5.82 Å². The molecule has 4 heterocycles. The summed E-state index contributed by atoms with van der Waals surface area (Å²) in [6.45, 7) is 12.7. The number of morpholine rings is 1. The second kappa shape index (κ2) is 14.0. The molecule has 0 radical (unpaired) electrons. The number of benzene rings is 2. The quantitative estimate of drug-likeness (QED) is 0.155. The number of anilines is 1. The number of halogens is 2. The van der Waals surface area contributed by atoms with Crippen molar-refractivity contribution < 1.29 is 23.4 Å². The Morgan fingerprint density at radius 1 is 1.20 bits per heavy atom. The fraction of sp³-hybridized carbons (Fsp3) is 0.500. The first-order chi connectivity index (χ1) is 22.2. The molecule has 2 unspecified atom stereocenters. The van der Waals surface area contributed by atoms with Gasteiger partial charge in [0.05, 0.1) is 25.4 Å². The highest BCUT2D eigenvalue weighted by atomic mass is 19.1. The summed E-state index contributed by atoms with van der Waals surface area (Å²) in [7, 11) is 0.